The summed E-state index contributed by atoms with van der Waals surface area (Å²) < 4.78 is 0. The summed E-state index contributed by atoms with van der Waals surface area (Å²) in [6.07, 6.45) is 1.02. The number of nitrogens with one attached hydrogen (secondary N) is 1. The van der Waals surface area contributed by atoms with Gasteiger partial charge in [0.1, 0.15) is 6.04 Å². The molecule has 2 aromatic rings. The van der Waals surface area contributed by atoms with Crippen LogP contribution in [0.4, 0.5) is 0 Å². The fourth-order valence-corrected chi connectivity index (χ4v) is 3.44. The molecule has 126 valence electrons. The Labute approximate surface area is 143 Å². The van der Waals surface area contributed by atoms with E-state index in [1.54, 1.807) is 0 Å². The predicted octanol–water partition coefficient (Wildman–Crippen LogP) is 2.64. The van der Waals surface area contributed by atoms with Crippen LogP contribution in [0.1, 0.15) is 36.6 Å². The Morgan fingerprint density at radius 1 is 1.08 bits per heavy atom. The maximum Gasteiger partial charge on any atom is 0.239 e. The fraction of sp³-hybridized carbons (Fsp3) is 0.350. The summed E-state index contributed by atoms with van der Waals surface area (Å²) in [5, 5.41) is 3.45. The Hall–Kier alpha value is -2.17. The summed E-state index contributed by atoms with van der Waals surface area (Å²) in [5.74, 6) is -0.323. The van der Waals surface area contributed by atoms with Gasteiger partial charge in [-0.25, -0.2) is 0 Å². The molecule has 24 heavy (non-hydrogen) atoms. The van der Waals surface area contributed by atoms with E-state index in [0.717, 1.165) is 25.1 Å². The van der Waals surface area contributed by atoms with Crippen molar-refractivity contribution in [3.8, 4) is 0 Å². The van der Waals surface area contributed by atoms with Gasteiger partial charge in [-0.1, -0.05) is 60.7 Å². The topological polar surface area (TPSA) is 58.4 Å². The molecule has 3 rings (SSSR count). The van der Waals surface area contributed by atoms with Crippen LogP contribution in [-0.4, -0.2) is 29.9 Å². The first-order valence-corrected chi connectivity index (χ1v) is 8.54. The number of nitrogens with zero attached hydrogens (tertiary/aromatic N) is 1. The van der Waals surface area contributed by atoms with Crippen LogP contribution in [0.25, 0.3) is 0 Å². The first kappa shape index (κ1) is 16.7. The molecule has 1 fully saturated rings. The van der Waals surface area contributed by atoms with Crippen LogP contribution in [-0.2, 0) is 4.79 Å². The maximum absolute atomic E-state index is 11.9. The lowest BCUT2D eigenvalue weighted by Gasteiger charge is -2.26. The number of carbonyl (C=O) groups excluding carboxylic acids is 1. The minimum Gasteiger partial charge on any atom is -0.368 e. The van der Waals surface area contributed by atoms with Crippen molar-refractivity contribution < 1.29 is 4.79 Å². The fourth-order valence-electron chi connectivity index (χ4n) is 3.44. The second-order valence-electron chi connectivity index (χ2n) is 6.48. The molecule has 0 aliphatic carbocycles. The maximum atomic E-state index is 11.9. The van der Waals surface area contributed by atoms with E-state index >= 15 is 0 Å². The Bertz CT molecular complexity index is 659. The molecule has 0 spiro atoms. The normalized spacial score (nSPS) is 20.6. The molecule has 3 N–H and O–H groups in total. The van der Waals surface area contributed by atoms with Gasteiger partial charge in [-0.3, -0.25) is 15.0 Å². The number of primary amides is 1. The second kappa shape index (κ2) is 7.60. The van der Waals surface area contributed by atoms with E-state index in [0.29, 0.717) is 6.04 Å². The number of nitrogens with two attached hydrogens (primary N) is 1. The number of hydrogen-bond acceptors (Lipinski definition) is 3. The van der Waals surface area contributed by atoms with Gasteiger partial charge < -0.3 is 5.73 Å². The van der Waals surface area contributed by atoms with Crippen LogP contribution in [0.5, 0.6) is 0 Å². The average molecular weight is 323 g/mol. The second-order valence-corrected chi connectivity index (χ2v) is 6.48. The number of hydrogen-bond donors (Lipinski definition) is 2. The highest BCUT2D eigenvalue weighted by molar-refractivity contribution is 5.81. The van der Waals surface area contributed by atoms with Crippen LogP contribution in [0, 0.1) is 0 Å². The predicted molar refractivity (Wildman–Crippen MR) is 96.3 cm³/mol. The number of rotatable bonds is 6. The molecule has 1 saturated heterocycles. The van der Waals surface area contributed by atoms with E-state index in [9.17, 15) is 4.79 Å². The smallest absolute Gasteiger partial charge is 0.239 e. The quantitative estimate of drug-likeness (QED) is 0.859. The first-order chi connectivity index (χ1) is 11.6. The molecule has 0 aromatic heterocycles. The highest BCUT2D eigenvalue weighted by Crippen LogP contribution is 2.25. The van der Waals surface area contributed by atoms with E-state index in [2.05, 4.69) is 41.4 Å². The summed E-state index contributed by atoms with van der Waals surface area (Å²) in [7, 11) is 0. The monoisotopic (exact) mass is 323 g/mol. The van der Waals surface area contributed by atoms with Crippen molar-refractivity contribution >= 4 is 5.91 Å². The van der Waals surface area contributed by atoms with E-state index < -0.39 is 6.04 Å². The van der Waals surface area contributed by atoms with Crippen LogP contribution in [0.2, 0.25) is 0 Å². The lowest BCUT2D eigenvalue weighted by Crippen LogP contribution is -2.41. The van der Waals surface area contributed by atoms with Crippen molar-refractivity contribution in [1.82, 2.24) is 10.2 Å². The van der Waals surface area contributed by atoms with Crippen molar-refractivity contribution in [3.05, 3.63) is 71.8 Å². The lowest BCUT2D eigenvalue weighted by atomic mass is 10.0. The number of amides is 1. The molecule has 1 aliphatic rings. The van der Waals surface area contributed by atoms with Gasteiger partial charge in [0.05, 0.1) is 0 Å². The molecular weight excluding hydrogens is 298 g/mol. The third-order valence-corrected chi connectivity index (χ3v) is 4.87. The summed E-state index contributed by atoms with van der Waals surface area (Å²) in [4.78, 5) is 14.3. The summed E-state index contributed by atoms with van der Waals surface area (Å²) in [6, 6.07) is 20.5. The Kier molecular flexibility index (Phi) is 5.28. The third kappa shape index (κ3) is 3.83. The zero-order valence-corrected chi connectivity index (χ0v) is 14.1. The minimum absolute atomic E-state index is 0.272. The molecule has 1 heterocycles. The molecule has 0 radical (unpaired) electrons. The van der Waals surface area contributed by atoms with Gasteiger partial charge in [0.2, 0.25) is 5.91 Å². The van der Waals surface area contributed by atoms with Crippen molar-refractivity contribution in [2.24, 2.45) is 5.73 Å². The molecule has 4 nitrogen and oxygen atoms in total. The summed E-state index contributed by atoms with van der Waals surface area (Å²) in [5.41, 5.74) is 7.87. The van der Waals surface area contributed by atoms with Crippen LogP contribution < -0.4 is 11.1 Å². The highest BCUT2D eigenvalue weighted by Gasteiger charge is 2.30. The van der Waals surface area contributed by atoms with Gasteiger partial charge in [-0.2, -0.15) is 0 Å². The van der Waals surface area contributed by atoms with Crippen LogP contribution in [0.3, 0.4) is 0 Å². The van der Waals surface area contributed by atoms with Gasteiger partial charge in [-0.05, 0) is 24.5 Å². The average Bonchev–Trinajstić information content (AvgIpc) is 3.09. The molecule has 0 bridgehead atoms. The molecule has 3 atom stereocenters. The van der Waals surface area contributed by atoms with Gasteiger partial charge in [0.25, 0.3) is 0 Å². The Morgan fingerprint density at radius 2 is 1.67 bits per heavy atom. The standard InChI is InChI=1S/C20H25N3O/c1-15(16-8-4-2-5-9-16)23-13-12-18(14-23)22-19(20(21)24)17-10-6-3-7-11-17/h2-11,15,18-19,22H,12-14H2,1H3,(H2,21,24)/t15-,18+,19-/m1/s1. The van der Waals surface area contributed by atoms with Crippen molar-refractivity contribution in [3.63, 3.8) is 0 Å². The van der Waals surface area contributed by atoms with E-state index in [4.69, 9.17) is 5.73 Å². The number of likely N-dealkylation sites (tertiary alicyclic amines) is 1. The zero-order valence-electron chi connectivity index (χ0n) is 14.1. The first-order valence-electron chi connectivity index (χ1n) is 8.54. The minimum atomic E-state index is -0.428. The van der Waals surface area contributed by atoms with Crippen LogP contribution in [0.15, 0.2) is 60.7 Å². The number of benzene rings is 2. The zero-order chi connectivity index (χ0) is 16.9. The molecule has 1 aliphatic heterocycles. The van der Waals surface area contributed by atoms with Crippen LogP contribution >= 0.6 is 0 Å². The molecule has 0 unspecified atom stereocenters. The molecular formula is C20H25N3O. The Balaban J connectivity index is 1.64. The Morgan fingerprint density at radius 3 is 2.25 bits per heavy atom. The molecule has 4 heteroatoms. The van der Waals surface area contributed by atoms with Crippen molar-refractivity contribution in [2.45, 2.75) is 31.5 Å². The van der Waals surface area contributed by atoms with E-state index in [-0.39, 0.29) is 11.9 Å². The summed E-state index contributed by atoms with van der Waals surface area (Å²) >= 11 is 0. The van der Waals surface area contributed by atoms with Gasteiger partial charge in [0, 0.05) is 25.2 Å². The van der Waals surface area contributed by atoms with E-state index in [1.165, 1.54) is 5.56 Å². The van der Waals surface area contributed by atoms with Gasteiger partial charge >= 0.3 is 0 Å². The molecule has 0 saturated carbocycles. The highest BCUT2D eigenvalue weighted by atomic mass is 16.1. The van der Waals surface area contributed by atoms with Crippen molar-refractivity contribution in [1.29, 1.82) is 0 Å². The van der Waals surface area contributed by atoms with Crippen molar-refractivity contribution in [2.75, 3.05) is 13.1 Å². The third-order valence-electron chi connectivity index (χ3n) is 4.87. The SMILES string of the molecule is C[C@H](c1ccccc1)N1CC[C@H](N[C@@H](C(N)=O)c2ccccc2)C1. The van der Waals surface area contributed by atoms with Gasteiger partial charge in [0.15, 0.2) is 0 Å². The van der Waals surface area contributed by atoms with Gasteiger partial charge in [-0.15, -0.1) is 0 Å². The molecule has 1 amide bonds. The van der Waals surface area contributed by atoms with E-state index in [1.807, 2.05) is 36.4 Å². The summed E-state index contributed by atoms with van der Waals surface area (Å²) in [6.45, 7) is 4.18. The molecule has 2 aromatic carbocycles. The number of carbonyl (C=O) groups is 1. The largest absolute Gasteiger partial charge is 0.368 e. The lowest BCUT2D eigenvalue weighted by molar-refractivity contribution is -0.120.